The van der Waals surface area contributed by atoms with Crippen molar-refractivity contribution >= 4 is 0 Å². The van der Waals surface area contributed by atoms with Crippen LogP contribution in [0.15, 0.2) is 18.2 Å². The predicted octanol–water partition coefficient (Wildman–Crippen LogP) is 2.76. The molecule has 1 aromatic carbocycles. The van der Waals surface area contributed by atoms with Gasteiger partial charge >= 0.3 is 0 Å². The average molecular weight is 208 g/mol. The Bertz CT molecular complexity index is 320. The quantitative estimate of drug-likeness (QED) is 0.824. The van der Waals surface area contributed by atoms with E-state index >= 15 is 0 Å². The molecule has 0 aliphatic carbocycles. The third kappa shape index (κ3) is 2.80. The number of aryl methyl sites for hydroxylation is 1. The molecular formula is C13H20O2. The van der Waals surface area contributed by atoms with Crippen molar-refractivity contribution in [2.75, 3.05) is 6.61 Å². The second-order valence-electron chi connectivity index (χ2n) is 3.89. The van der Waals surface area contributed by atoms with E-state index in [9.17, 15) is 5.11 Å². The van der Waals surface area contributed by atoms with Crippen LogP contribution in [0.2, 0.25) is 0 Å². The van der Waals surface area contributed by atoms with Gasteiger partial charge in [0.2, 0.25) is 0 Å². The van der Waals surface area contributed by atoms with Gasteiger partial charge in [0.1, 0.15) is 6.10 Å². The third-order valence-electron chi connectivity index (χ3n) is 2.84. The second-order valence-corrected chi connectivity index (χ2v) is 3.89. The molecular weight excluding hydrogens is 188 g/mol. The number of benzene rings is 1. The topological polar surface area (TPSA) is 29.5 Å². The van der Waals surface area contributed by atoms with Crippen molar-refractivity contribution in [2.45, 2.75) is 39.9 Å². The first kappa shape index (κ1) is 12.2. The monoisotopic (exact) mass is 208 g/mol. The van der Waals surface area contributed by atoms with Gasteiger partial charge in [0, 0.05) is 6.61 Å². The van der Waals surface area contributed by atoms with E-state index in [0.717, 1.165) is 11.1 Å². The van der Waals surface area contributed by atoms with Gasteiger partial charge in [0.15, 0.2) is 0 Å². The van der Waals surface area contributed by atoms with E-state index in [1.807, 2.05) is 32.9 Å². The molecule has 84 valence electrons. The smallest absolute Gasteiger partial charge is 0.105 e. The van der Waals surface area contributed by atoms with Crippen LogP contribution in [0.3, 0.4) is 0 Å². The van der Waals surface area contributed by atoms with Crippen molar-refractivity contribution in [1.82, 2.24) is 0 Å². The Morgan fingerprint density at radius 1 is 1.33 bits per heavy atom. The summed E-state index contributed by atoms with van der Waals surface area (Å²) in [5.41, 5.74) is 3.32. The zero-order chi connectivity index (χ0) is 11.4. The minimum absolute atomic E-state index is 0.157. The van der Waals surface area contributed by atoms with E-state index in [1.165, 1.54) is 5.56 Å². The molecule has 1 rings (SSSR count). The summed E-state index contributed by atoms with van der Waals surface area (Å²) in [6.07, 6.45) is -0.694. The molecule has 15 heavy (non-hydrogen) atoms. The number of rotatable bonds is 4. The first-order valence-electron chi connectivity index (χ1n) is 5.43. The minimum atomic E-state index is -0.537. The van der Waals surface area contributed by atoms with E-state index in [0.29, 0.717) is 6.61 Å². The van der Waals surface area contributed by atoms with Crippen molar-refractivity contribution in [1.29, 1.82) is 0 Å². The van der Waals surface area contributed by atoms with E-state index in [-0.39, 0.29) is 6.10 Å². The molecule has 2 unspecified atom stereocenters. The Morgan fingerprint density at radius 2 is 2.00 bits per heavy atom. The first-order chi connectivity index (χ1) is 7.07. The third-order valence-corrected chi connectivity index (χ3v) is 2.84. The van der Waals surface area contributed by atoms with Crippen LogP contribution in [0.4, 0.5) is 0 Å². The summed E-state index contributed by atoms with van der Waals surface area (Å²) < 4.78 is 5.40. The van der Waals surface area contributed by atoms with Crippen molar-refractivity contribution < 1.29 is 9.84 Å². The van der Waals surface area contributed by atoms with Gasteiger partial charge < -0.3 is 9.84 Å². The Balaban J connectivity index is 2.90. The normalized spacial score (nSPS) is 15.0. The fraction of sp³-hybridized carbons (Fsp3) is 0.538. The van der Waals surface area contributed by atoms with Crippen LogP contribution < -0.4 is 0 Å². The van der Waals surface area contributed by atoms with Crippen LogP contribution in [-0.4, -0.2) is 17.8 Å². The maximum atomic E-state index is 10.1. The van der Waals surface area contributed by atoms with Crippen LogP contribution in [0.25, 0.3) is 0 Å². The minimum Gasteiger partial charge on any atom is -0.386 e. The summed E-state index contributed by atoms with van der Waals surface area (Å²) in [6.45, 7) is 8.55. The lowest BCUT2D eigenvalue weighted by Crippen LogP contribution is -2.19. The summed E-state index contributed by atoms with van der Waals surface area (Å²) in [7, 11) is 0. The number of ether oxygens (including phenoxy) is 1. The highest BCUT2D eigenvalue weighted by atomic mass is 16.5. The molecule has 0 fully saturated rings. The summed E-state index contributed by atoms with van der Waals surface area (Å²) in [4.78, 5) is 0. The summed E-state index contributed by atoms with van der Waals surface area (Å²) in [5, 5.41) is 10.1. The van der Waals surface area contributed by atoms with Crippen LogP contribution in [0.5, 0.6) is 0 Å². The van der Waals surface area contributed by atoms with Crippen LogP contribution >= 0.6 is 0 Å². The molecule has 0 aliphatic heterocycles. The lowest BCUT2D eigenvalue weighted by molar-refractivity contribution is -0.0230. The van der Waals surface area contributed by atoms with Gasteiger partial charge in [-0.3, -0.25) is 0 Å². The Labute approximate surface area is 91.9 Å². The molecule has 2 atom stereocenters. The summed E-state index contributed by atoms with van der Waals surface area (Å²) >= 11 is 0. The molecule has 0 radical (unpaired) electrons. The zero-order valence-corrected chi connectivity index (χ0v) is 9.95. The Morgan fingerprint density at radius 3 is 2.60 bits per heavy atom. The molecule has 1 N–H and O–H groups in total. The highest BCUT2D eigenvalue weighted by Gasteiger charge is 2.18. The zero-order valence-electron chi connectivity index (χ0n) is 9.95. The summed E-state index contributed by atoms with van der Waals surface area (Å²) in [5.74, 6) is 0. The van der Waals surface area contributed by atoms with Gasteiger partial charge in [0.25, 0.3) is 0 Å². The van der Waals surface area contributed by atoms with Gasteiger partial charge in [-0.2, -0.15) is 0 Å². The van der Waals surface area contributed by atoms with E-state index in [1.54, 1.807) is 0 Å². The second kappa shape index (κ2) is 5.29. The Kier molecular flexibility index (Phi) is 4.30. The molecule has 2 nitrogen and oxygen atoms in total. The largest absolute Gasteiger partial charge is 0.386 e. The number of hydrogen-bond acceptors (Lipinski definition) is 2. The van der Waals surface area contributed by atoms with Crippen LogP contribution in [-0.2, 0) is 4.74 Å². The van der Waals surface area contributed by atoms with Gasteiger partial charge in [-0.15, -0.1) is 0 Å². The molecule has 0 saturated heterocycles. The van der Waals surface area contributed by atoms with E-state index < -0.39 is 6.10 Å². The SMILES string of the molecule is CCOC(C)C(O)c1cccc(C)c1C. The fourth-order valence-corrected chi connectivity index (χ4v) is 1.70. The molecule has 0 heterocycles. The fourth-order valence-electron chi connectivity index (χ4n) is 1.70. The van der Waals surface area contributed by atoms with Gasteiger partial charge in [0.05, 0.1) is 6.10 Å². The lowest BCUT2D eigenvalue weighted by atomic mass is 9.97. The lowest BCUT2D eigenvalue weighted by Gasteiger charge is -2.21. The van der Waals surface area contributed by atoms with E-state index in [4.69, 9.17) is 4.74 Å². The molecule has 0 aromatic heterocycles. The standard InChI is InChI=1S/C13H20O2/c1-5-15-11(4)13(14)12-8-6-7-9(2)10(12)3/h6-8,11,13-14H,5H2,1-4H3. The molecule has 0 amide bonds. The number of aliphatic hydroxyl groups excluding tert-OH is 1. The maximum Gasteiger partial charge on any atom is 0.105 e. The highest BCUT2D eigenvalue weighted by Crippen LogP contribution is 2.24. The molecule has 0 aliphatic rings. The van der Waals surface area contributed by atoms with Gasteiger partial charge in [-0.1, -0.05) is 18.2 Å². The van der Waals surface area contributed by atoms with Crippen molar-refractivity contribution in [3.8, 4) is 0 Å². The van der Waals surface area contributed by atoms with Crippen LogP contribution in [0.1, 0.15) is 36.6 Å². The van der Waals surface area contributed by atoms with E-state index in [2.05, 4.69) is 13.0 Å². The Hall–Kier alpha value is -0.860. The van der Waals surface area contributed by atoms with Gasteiger partial charge in [-0.05, 0) is 44.4 Å². The maximum absolute atomic E-state index is 10.1. The van der Waals surface area contributed by atoms with Crippen molar-refractivity contribution in [2.24, 2.45) is 0 Å². The van der Waals surface area contributed by atoms with Crippen molar-refractivity contribution in [3.63, 3.8) is 0 Å². The highest BCUT2D eigenvalue weighted by molar-refractivity contribution is 5.34. The number of aliphatic hydroxyl groups is 1. The molecule has 0 spiro atoms. The van der Waals surface area contributed by atoms with Gasteiger partial charge in [-0.25, -0.2) is 0 Å². The first-order valence-corrected chi connectivity index (χ1v) is 5.43. The molecule has 0 saturated carbocycles. The average Bonchev–Trinajstić information content (AvgIpc) is 2.21. The number of hydrogen-bond donors (Lipinski definition) is 1. The molecule has 2 heteroatoms. The van der Waals surface area contributed by atoms with Crippen molar-refractivity contribution in [3.05, 3.63) is 34.9 Å². The molecule has 0 bridgehead atoms. The van der Waals surface area contributed by atoms with Crippen LogP contribution in [0, 0.1) is 13.8 Å². The predicted molar refractivity (Wildman–Crippen MR) is 62.0 cm³/mol. The molecule has 1 aromatic rings. The summed E-state index contributed by atoms with van der Waals surface area (Å²) in [6, 6.07) is 5.99.